The number of aromatic amines is 1. The van der Waals surface area contributed by atoms with Crippen LogP contribution in [0.3, 0.4) is 0 Å². The first-order valence-corrected chi connectivity index (χ1v) is 7.02. The third kappa shape index (κ3) is 2.11. The molecular weight excluding hydrogens is 290 g/mol. The molecule has 0 spiro atoms. The number of halogens is 2. The molecule has 4 rings (SSSR count). The second kappa shape index (κ2) is 4.75. The van der Waals surface area contributed by atoms with Crippen LogP contribution in [-0.2, 0) is 0 Å². The van der Waals surface area contributed by atoms with Gasteiger partial charge in [-0.1, -0.05) is 0 Å². The Kier molecular flexibility index (Phi) is 2.61. The predicted octanol–water partition coefficient (Wildman–Crippen LogP) is 2.35. The van der Waals surface area contributed by atoms with Crippen LogP contribution in [0, 0.1) is 0 Å². The van der Waals surface area contributed by atoms with E-state index in [0.717, 1.165) is 0 Å². The minimum Gasteiger partial charge on any atom is -0.369 e. The van der Waals surface area contributed by atoms with Crippen LogP contribution in [0.25, 0.3) is 17.0 Å². The van der Waals surface area contributed by atoms with Gasteiger partial charge in [-0.3, -0.25) is 5.10 Å². The van der Waals surface area contributed by atoms with Gasteiger partial charge in [-0.05, 0) is 12.1 Å². The van der Waals surface area contributed by atoms with Gasteiger partial charge in [0.15, 0.2) is 5.82 Å². The fraction of sp³-hybridized carbons (Fsp3) is 0.357. The third-order valence-electron chi connectivity index (χ3n) is 3.92. The molecule has 0 atom stereocenters. The normalized spacial score (nSPS) is 18.6. The van der Waals surface area contributed by atoms with Crippen molar-refractivity contribution in [3.05, 3.63) is 30.7 Å². The van der Waals surface area contributed by atoms with E-state index < -0.39 is 5.92 Å². The lowest BCUT2D eigenvalue weighted by atomic mass is 10.1. The molecule has 0 aliphatic carbocycles. The predicted molar refractivity (Wildman–Crippen MR) is 77.0 cm³/mol. The molecule has 1 N–H and O–H groups in total. The van der Waals surface area contributed by atoms with E-state index in [1.165, 1.54) is 0 Å². The number of rotatable bonds is 2. The summed E-state index contributed by atoms with van der Waals surface area (Å²) < 4.78 is 36.2. The zero-order valence-corrected chi connectivity index (χ0v) is 11.6. The molecule has 0 saturated carbocycles. The topological polar surface area (TPSA) is 62.1 Å². The number of H-pyrrole nitrogens is 1. The van der Waals surface area contributed by atoms with Crippen molar-refractivity contribution in [2.24, 2.45) is 0 Å². The van der Waals surface area contributed by atoms with E-state index in [0.29, 0.717) is 22.7 Å². The van der Waals surface area contributed by atoms with Crippen molar-refractivity contribution >= 4 is 11.2 Å². The Hall–Kier alpha value is -2.51. The fourth-order valence-electron chi connectivity index (χ4n) is 2.73. The van der Waals surface area contributed by atoms with Gasteiger partial charge in [-0.25, -0.2) is 18.3 Å². The van der Waals surface area contributed by atoms with Gasteiger partial charge < -0.3 is 4.90 Å². The van der Waals surface area contributed by atoms with Crippen molar-refractivity contribution in [2.75, 3.05) is 18.0 Å². The number of hydrogen-bond donors (Lipinski definition) is 1. The second-order valence-corrected chi connectivity index (χ2v) is 5.34. The van der Waals surface area contributed by atoms with Gasteiger partial charge in [0.2, 0.25) is 0 Å². The molecule has 1 aliphatic rings. The van der Waals surface area contributed by atoms with Crippen molar-refractivity contribution < 1.29 is 10.2 Å². The van der Waals surface area contributed by atoms with Crippen LogP contribution in [0.1, 0.15) is 14.2 Å². The van der Waals surface area contributed by atoms with E-state index in [1.54, 1.807) is 29.0 Å². The van der Waals surface area contributed by atoms with Gasteiger partial charge in [-0.15, -0.1) is 0 Å². The lowest BCUT2D eigenvalue weighted by molar-refractivity contribution is -0.0220. The van der Waals surface area contributed by atoms with Gasteiger partial charge in [0.25, 0.3) is 5.92 Å². The van der Waals surface area contributed by atoms with Crippen molar-refractivity contribution in [1.29, 1.82) is 0 Å². The quantitative estimate of drug-likeness (QED) is 0.789. The van der Waals surface area contributed by atoms with E-state index in [9.17, 15) is 8.78 Å². The molecule has 0 unspecified atom stereocenters. The fourth-order valence-corrected chi connectivity index (χ4v) is 2.73. The Labute approximate surface area is 126 Å². The lowest BCUT2D eigenvalue weighted by Gasteiger charge is -2.33. The Balaban J connectivity index is 1.79. The molecular formula is C14H14F2N6. The maximum Gasteiger partial charge on any atom is 0.251 e. The summed E-state index contributed by atoms with van der Waals surface area (Å²) >= 11 is 0. The number of alkyl halides is 2. The molecule has 0 amide bonds. The summed E-state index contributed by atoms with van der Waals surface area (Å²) in [5.41, 5.74) is 2.00. The second-order valence-electron chi connectivity index (χ2n) is 5.34. The number of imidazole rings is 1. The molecule has 1 aliphatic heterocycles. The summed E-state index contributed by atoms with van der Waals surface area (Å²) in [6, 6.07) is 3.35. The highest BCUT2D eigenvalue weighted by molar-refractivity contribution is 5.74. The number of hydrogen-bond acceptors (Lipinski definition) is 4. The van der Waals surface area contributed by atoms with Gasteiger partial charge in [0, 0.05) is 32.1 Å². The standard InChI is InChI=1S/C14H14F2N6/c15-14(16)3-7-21(8-4-14)11-2-6-19-22-12(11)9-17-13(22)10-1-5-18-20-10/h1-2,5-6,9H,3-4,7-8H2,(H,18,20)/i6D. The molecule has 3 aromatic rings. The third-order valence-corrected chi connectivity index (χ3v) is 3.92. The average Bonchev–Trinajstić information content (AvgIpc) is 3.15. The number of nitrogens with zero attached hydrogens (tertiary/aromatic N) is 5. The van der Waals surface area contributed by atoms with Crippen LogP contribution in [0.4, 0.5) is 14.5 Å². The van der Waals surface area contributed by atoms with E-state index in [4.69, 9.17) is 1.37 Å². The summed E-state index contributed by atoms with van der Waals surface area (Å²) in [6.45, 7) is 0.490. The van der Waals surface area contributed by atoms with E-state index in [-0.39, 0.29) is 32.1 Å². The Morgan fingerprint density at radius 1 is 1.27 bits per heavy atom. The molecule has 4 heterocycles. The van der Waals surface area contributed by atoms with Crippen molar-refractivity contribution in [3.63, 3.8) is 0 Å². The van der Waals surface area contributed by atoms with E-state index in [1.807, 2.05) is 4.90 Å². The monoisotopic (exact) mass is 305 g/mol. The first-order valence-electron chi connectivity index (χ1n) is 7.52. The van der Waals surface area contributed by atoms with E-state index in [2.05, 4.69) is 20.3 Å². The van der Waals surface area contributed by atoms with Gasteiger partial charge >= 0.3 is 0 Å². The summed E-state index contributed by atoms with van der Waals surface area (Å²) in [5, 5.41) is 11.0. The zero-order valence-electron chi connectivity index (χ0n) is 12.6. The van der Waals surface area contributed by atoms with Crippen molar-refractivity contribution in [3.8, 4) is 11.5 Å². The molecule has 0 aromatic carbocycles. The molecule has 114 valence electrons. The van der Waals surface area contributed by atoms with Gasteiger partial charge in [0.05, 0.1) is 19.4 Å². The maximum absolute atomic E-state index is 13.4. The molecule has 0 radical (unpaired) electrons. The SMILES string of the molecule is [2H]c1cc(N2CCC(F)(F)CC2)c2cnc(-c3cc[nH]n3)n2n1. The van der Waals surface area contributed by atoms with Gasteiger partial charge in [-0.2, -0.15) is 10.2 Å². The number of anilines is 1. The molecule has 0 bridgehead atoms. The number of fused-ring (bicyclic) bond motifs is 1. The number of aromatic nitrogens is 5. The highest BCUT2D eigenvalue weighted by Gasteiger charge is 2.34. The minimum absolute atomic E-state index is 0.0552. The number of nitrogens with one attached hydrogen (secondary N) is 1. The summed E-state index contributed by atoms with van der Waals surface area (Å²) in [5.74, 6) is -2.09. The average molecular weight is 305 g/mol. The number of piperidine rings is 1. The Bertz CT molecular complexity index is 834. The molecule has 22 heavy (non-hydrogen) atoms. The minimum atomic E-state index is -2.61. The summed E-state index contributed by atoms with van der Waals surface area (Å²) in [4.78, 5) is 6.19. The van der Waals surface area contributed by atoms with Gasteiger partial charge in [0.1, 0.15) is 11.2 Å². The van der Waals surface area contributed by atoms with E-state index >= 15 is 0 Å². The van der Waals surface area contributed by atoms with Crippen LogP contribution in [0.5, 0.6) is 0 Å². The lowest BCUT2D eigenvalue weighted by Crippen LogP contribution is -2.39. The Morgan fingerprint density at radius 2 is 2.09 bits per heavy atom. The van der Waals surface area contributed by atoms with Crippen LogP contribution in [-0.4, -0.2) is 43.8 Å². The van der Waals surface area contributed by atoms with Crippen molar-refractivity contribution in [1.82, 2.24) is 24.8 Å². The zero-order chi connectivity index (χ0) is 16.0. The van der Waals surface area contributed by atoms with Crippen molar-refractivity contribution in [2.45, 2.75) is 18.8 Å². The van der Waals surface area contributed by atoms with Crippen LogP contribution in [0.15, 0.2) is 30.7 Å². The van der Waals surface area contributed by atoms with Crippen LogP contribution >= 0.6 is 0 Å². The highest BCUT2D eigenvalue weighted by atomic mass is 19.3. The largest absolute Gasteiger partial charge is 0.369 e. The van der Waals surface area contributed by atoms with Crippen LogP contribution < -0.4 is 4.90 Å². The first kappa shape index (κ1) is 12.1. The molecule has 3 aromatic heterocycles. The Morgan fingerprint density at radius 3 is 2.82 bits per heavy atom. The molecule has 1 fully saturated rings. The first-order chi connectivity index (χ1) is 11.0. The summed E-state index contributed by atoms with van der Waals surface area (Å²) in [7, 11) is 0. The maximum atomic E-state index is 13.4. The molecule has 8 heteroatoms. The highest BCUT2D eigenvalue weighted by Crippen LogP contribution is 2.32. The summed E-state index contributed by atoms with van der Waals surface area (Å²) in [6.07, 6.45) is 3.00. The molecule has 6 nitrogen and oxygen atoms in total. The smallest absolute Gasteiger partial charge is 0.251 e. The van der Waals surface area contributed by atoms with Crippen LogP contribution in [0.2, 0.25) is 0 Å². The molecule has 1 saturated heterocycles.